The van der Waals surface area contributed by atoms with Crippen molar-refractivity contribution in [3.63, 3.8) is 0 Å². The number of aliphatic carboxylic acids is 3. The summed E-state index contributed by atoms with van der Waals surface area (Å²) in [5.74, 6) is -6.56. The normalized spacial score (nSPS) is 17.4. The molecular formula is C20H33N7O9. The molecule has 0 bridgehead atoms. The van der Waals surface area contributed by atoms with Gasteiger partial charge in [-0.3, -0.25) is 29.0 Å². The molecule has 0 saturated carbocycles. The lowest BCUT2D eigenvalue weighted by Gasteiger charge is -2.29. The van der Waals surface area contributed by atoms with Crippen LogP contribution in [0.1, 0.15) is 44.9 Å². The highest BCUT2D eigenvalue weighted by Gasteiger charge is 2.38. The second-order valence-corrected chi connectivity index (χ2v) is 8.24. The summed E-state index contributed by atoms with van der Waals surface area (Å²) in [4.78, 5) is 76.7. The average Bonchev–Trinajstić information content (AvgIpc) is 3.27. The molecule has 1 fully saturated rings. The van der Waals surface area contributed by atoms with Crippen molar-refractivity contribution in [1.29, 1.82) is 0 Å². The Labute approximate surface area is 206 Å². The summed E-state index contributed by atoms with van der Waals surface area (Å²) in [5, 5.41) is 31.9. The number of nitrogens with zero attached hydrogens (tertiary/aromatic N) is 2. The Hall–Kier alpha value is -3.95. The average molecular weight is 516 g/mol. The molecule has 4 atom stereocenters. The van der Waals surface area contributed by atoms with E-state index in [2.05, 4.69) is 15.6 Å². The summed E-state index contributed by atoms with van der Waals surface area (Å²) in [7, 11) is 0. The quantitative estimate of drug-likeness (QED) is 0.0606. The fourth-order valence-corrected chi connectivity index (χ4v) is 3.62. The number of amides is 3. The highest BCUT2D eigenvalue weighted by atomic mass is 16.4. The first-order valence-electron chi connectivity index (χ1n) is 11.2. The van der Waals surface area contributed by atoms with Crippen LogP contribution in [0.25, 0.3) is 0 Å². The van der Waals surface area contributed by atoms with Gasteiger partial charge < -0.3 is 48.1 Å². The van der Waals surface area contributed by atoms with Crippen molar-refractivity contribution in [1.82, 2.24) is 15.5 Å². The third-order valence-corrected chi connectivity index (χ3v) is 5.39. The summed E-state index contributed by atoms with van der Waals surface area (Å²) in [5.41, 5.74) is 16.1. The lowest BCUT2D eigenvalue weighted by atomic mass is 10.1. The number of guanidine groups is 1. The SMILES string of the molecule is NC(N)=NCCCC(NC(=O)C(CCC(=O)O)NC(=O)C(N)CC(=O)O)C(=O)N1CCCC1C(=O)O. The van der Waals surface area contributed by atoms with Gasteiger partial charge in [0.15, 0.2) is 5.96 Å². The maximum Gasteiger partial charge on any atom is 0.326 e. The Morgan fingerprint density at radius 3 is 2.14 bits per heavy atom. The van der Waals surface area contributed by atoms with Crippen molar-refractivity contribution in [3.8, 4) is 0 Å². The molecule has 202 valence electrons. The van der Waals surface area contributed by atoms with Crippen LogP contribution in [0.3, 0.4) is 0 Å². The van der Waals surface area contributed by atoms with Gasteiger partial charge in [-0.05, 0) is 32.1 Å². The number of hydrogen-bond acceptors (Lipinski definition) is 8. The van der Waals surface area contributed by atoms with Gasteiger partial charge in [-0.15, -0.1) is 0 Å². The van der Waals surface area contributed by atoms with Crippen LogP contribution >= 0.6 is 0 Å². The van der Waals surface area contributed by atoms with Crippen LogP contribution in [0.15, 0.2) is 4.99 Å². The van der Waals surface area contributed by atoms with Gasteiger partial charge in [0.2, 0.25) is 17.7 Å². The molecule has 0 aromatic rings. The van der Waals surface area contributed by atoms with E-state index in [0.29, 0.717) is 6.42 Å². The number of nitrogens with two attached hydrogens (primary N) is 3. The van der Waals surface area contributed by atoms with Crippen LogP contribution in [0.2, 0.25) is 0 Å². The van der Waals surface area contributed by atoms with Gasteiger partial charge >= 0.3 is 17.9 Å². The fraction of sp³-hybridized carbons (Fsp3) is 0.650. The lowest BCUT2D eigenvalue weighted by Crippen LogP contribution is -2.57. The number of hydrogen-bond donors (Lipinski definition) is 8. The number of rotatable bonds is 15. The summed E-state index contributed by atoms with van der Waals surface area (Å²) in [6.07, 6.45) is -0.675. The second-order valence-electron chi connectivity index (χ2n) is 8.24. The molecule has 0 radical (unpaired) electrons. The Balaban J connectivity index is 3.07. The third kappa shape index (κ3) is 10.1. The van der Waals surface area contributed by atoms with E-state index in [1.165, 1.54) is 0 Å². The molecule has 1 heterocycles. The predicted molar refractivity (Wildman–Crippen MR) is 123 cm³/mol. The lowest BCUT2D eigenvalue weighted by molar-refractivity contribution is -0.149. The molecule has 1 rings (SSSR count). The van der Waals surface area contributed by atoms with Gasteiger partial charge in [-0.25, -0.2) is 4.79 Å². The molecule has 1 aliphatic heterocycles. The first-order chi connectivity index (χ1) is 16.8. The van der Waals surface area contributed by atoms with Crippen molar-refractivity contribution in [2.75, 3.05) is 13.1 Å². The molecule has 36 heavy (non-hydrogen) atoms. The van der Waals surface area contributed by atoms with Crippen LogP contribution in [0.5, 0.6) is 0 Å². The van der Waals surface area contributed by atoms with Crippen molar-refractivity contribution < 1.29 is 44.1 Å². The zero-order valence-electron chi connectivity index (χ0n) is 19.6. The fourth-order valence-electron chi connectivity index (χ4n) is 3.62. The van der Waals surface area contributed by atoms with Crippen molar-refractivity contribution in [3.05, 3.63) is 0 Å². The molecule has 16 heteroatoms. The highest BCUT2D eigenvalue weighted by molar-refractivity contribution is 5.95. The van der Waals surface area contributed by atoms with Gasteiger partial charge in [0.1, 0.15) is 18.1 Å². The Bertz CT molecular complexity index is 876. The minimum Gasteiger partial charge on any atom is -0.481 e. The Morgan fingerprint density at radius 2 is 1.58 bits per heavy atom. The van der Waals surface area contributed by atoms with Crippen molar-refractivity contribution >= 4 is 41.6 Å². The number of carboxylic acid groups (broad SMARTS) is 3. The Kier molecular flexibility index (Phi) is 12.1. The molecular weight excluding hydrogens is 482 g/mol. The molecule has 0 aromatic carbocycles. The van der Waals surface area contributed by atoms with Crippen LogP contribution in [0.4, 0.5) is 0 Å². The predicted octanol–water partition coefficient (Wildman–Crippen LogP) is -3.25. The molecule has 1 saturated heterocycles. The van der Waals surface area contributed by atoms with Gasteiger partial charge in [-0.2, -0.15) is 0 Å². The van der Waals surface area contributed by atoms with Crippen LogP contribution in [0, 0.1) is 0 Å². The van der Waals surface area contributed by atoms with Gasteiger partial charge in [0.05, 0.1) is 12.5 Å². The van der Waals surface area contributed by atoms with E-state index >= 15 is 0 Å². The molecule has 0 aliphatic carbocycles. The number of carbonyl (C=O) groups is 6. The first-order valence-corrected chi connectivity index (χ1v) is 11.2. The Morgan fingerprint density at radius 1 is 0.944 bits per heavy atom. The monoisotopic (exact) mass is 515 g/mol. The topological polar surface area (TPSA) is 281 Å². The molecule has 0 aromatic heterocycles. The number of aliphatic imine (C=N–C) groups is 1. The standard InChI is InChI=1S/C20H33N7O9/c21-10(9-15(30)31)16(32)25-11(5-6-14(28)29)17(33)26-12(3-1-7-24-20(22)23)18(34)27-8-2-4-13(27)19(35)36/h10-13H,1-9,21H2,(H,25,32)(H,26,33)(H,28,29)(H,30,31)(H,35,36)(H4,22,23,24). The molecule has 11 N–H and O–H groups in total. The number of carbonyl (C=O) groups excluding carboxylic acids is 3. The van der Waals surface area contributed by atoms with Crippen LogP contribution in [-0.4, -0.2) is 99.1 Å². The number of nitrogens with one attached hydrogen (secondary N) is 2. The van der Waals surface area contributed by atoms with Crippen molar-refractivity contribution in [2.24, 2.45) is 22.2 Å². The van der Waals surface area contributed by atoms with E-state index in [-0.39, 0.29) is 44.7 Å². The molecule has 3 amide bonds. The van der Waals surface area contributed by atoms with Crippen LogP contribution in [-0.2, 0) is 28.8 Å². The van der Waals surface area contributed by atoms with Gasteiger partial charge in [0.25, 0.3) is 0 Å². The van der Waals surface area contributed by atoms with E-state index in [1.54, 1.807) is 0 Å². The second kappa shape index (κ2) is 14.4. The molecule has 0 spiro atoms. The van der Waals surface area contributed by atoms with Crippen LogP contribution < -0.4 is 27.8 Å². The maximum absolute atomic E-state index is 13.2. The minimum absolute atomic E-state index is 0.0162. The van der Waals surface area contributed by atoms with Gasteiger partial charge in [-0.1, -0.05) is 0 Å². The molecule has 1 aliphatic rings. The van der Waals surface area contributed by atoms with Gasteiger partial charge in [0, 0.05) is 19.5 Å². The van der Waals surface area contributed by atoms with Crippen molar-refractivity contribution in [2.45, 2.75) is 69.1 Å². The molecule has 16 nitrogen and oxygen atoms in total. The highest BCUT2D eigenvalue weighted by Crippen LogP contribution is 2.20. The van der Waals surface area contributed by atoms with E-state index < -0.39 is 72.6 Å². The van der Waals surface area contributed by atoms with E-state index in [4.69, 9.17) is 27.4 Å². The zero-order chi connectivity index (χ0) is 27.4. The third-order valence-electron chi connectivity index (χ3n) is 5.39. The van der Waals surface area contributed by atoms with E-state index in [0.717, 1.165) is 4.90 Å². The van der Waals surface area contributed by atoms with E-state index in [9.17, 15) is 33.9 Å². The summed E-state index contributed by atoms with van der Waals surface area (Å²) >= 11 is 0. The minimum atomic E-state index is -1.50. The largest absolute Gasteiger partial charge is 0.481 e. The number of likely N-dealkylation sites (tertiary alicyclic amines) is 1. The van der Waals surface area contributed by atoms with E-state index in [1.807, 2.05) is 0 Å². The summed E-state index contributed by atoms with van der Waals surface area (Å²) in [6.45, 7) is 0.285. The maximum atomic E-state index is 13.2. The number of carboxylic acids is 3. The smallest absolute Gasteiger partial charge is 0.326 e. The summed E-state index contributed by atoms with van der Waals surface area (Å²) < 4.78 is 0. The molecule has 4 unspecified atom stereocenters. The first kappa shape index (κ1) is 30.1. The zero-order valence-corrected chi connectivity index (χ0v) is 19.6. The summed E-state index contributed by atoms with van der Waals surface area (Å²) in [6, 6.07) is -5.23.